The number of hydrogen-bond acceptors (Lipinski definition) is 5. The maximum Gasteiger partial charge on any atom is 0.260 e. The molecule has 2 rings (SSSR count). The van der Waals surface area contributed by atoms with Gasteiger partial charge in [0.15, 0.2) is 5.03 Å². The Balaban J connectivity index is 2.04. The molecule has 0 bridgehead atoms. The van der Waals surface area contributed by atoms with Crippen LogP contribution in [0.5, 0.6) is 0 Å². The molecular formula is C13H25N5O2S. The maximum absolute atomic E-state index is 12.4. The van der Waals surface area contributed by atoms with Crippen molar-refractivity contribution in [2.45, 2.75) is 50.3 Å². The van der Waals surface area contributed by atoms with Gasteiger partial charge in [0.05, 0.1) is 0 Å². The van der Waals surface area contributed by atoms with E-state index >= 15 is 0 Å². The summed E-state index contributed by atoms with van der Waals surface area (Å²) in [5.41, 5.74) is 1.46. The van der Waals surface area contributed by atoms with Gasteiger partial charge in [0.1, 0.15) is 0 Å². The first kappa shape index (κ1) is 16.4. The first-order chi connectivity index (χ1) is 9.86. The number of aromatic amines is 1. The van der Waals surface area contributed by atoms with Crippen molar-refractivity contribution in [3.05, 3.63) is 11.3 Å². The lowest BCUT2D eigenvalue weighted by molar-refractivity contribution is 0.248. The number of H-pyrrole nitrogens is 1. The molecular weight excluding hydrogens is 290 g/mol. The van der Waals surface area contributed by atoms with E-state index in [4.69, 9.17) is 0 Å². The second-order valence-corrected chi connectivity index (χ2v) is 7.44. The van der Waals surface area contributed by atoms with Crippen molar-refractivity contribution in [2.24, 2.45) is 0 Å². The summed E-state index contributed by atoms with van der Waals surface area (Å²) >= 11 is 0. The Kier molecular flexibility index (Phi) is 5.03. The minimum Gasteiger partial charge on any atom is -0.316 e. The maximum atomic E-state index is 12.4. The number of aryl methyl sites for hydroxylation is 1. The van der Waals surface area contributed by atoms with Gasteiger partial charge in [-0.2, -0.15) is 5.10 Å². The fraction of sp³-hybridized carbons (Fsp3) is 0.769. The SMILES string of the molecule is CNCc1c(S(=O)(=O)NCC(C)N(C)C2CC2)n[nH]c1C. The Morgan fingerprint density at radius 1 is 1.48 bits per heavy atom. The molecule has 0 aliphatic heterocycles. The van der Waals surface area contributed by atoms with E-state index in [1.54, 1.807) is 7.05 Å². The van der Waals surface area contributed by atoms with Crippen molar-refractivity contribution in [2.75, 3.05) is 20.6 Å². The van der Waals surface area contributed by atoms with E-state index in [1.165, 1.54) is 12.8 Å². The average Bonchev–Trinajstić information content (AvgIpc) is 3.21. The molecule has 1 aromatic heterocycles. The highest BCUT2D eigenvalue weighted by Crippen LogP contribution is 2.26. The Morgan fingerprint density at radius 3 is 2.71 bits per heavy atom. The van der Waals surface area contributed by atoms with Gasteiger partial charge in [0.25, 0.3) is 10.0 Å². The molecule has 0 radical (unpaired) electrons. The number of nitrogens with zero attached hydrogens (tertiary/aromatic N) is 2. The van der Waals surface area contributed by atoms with Crippen LogP contribution in [0.4, 0.5) is 0 Å². The number of rotatable bonds is 8. The van der Waals surface area contributed by atoms with E-state index in [2.05, 4.69) is 25.1 Å². The van der Waals surface area contributed by atoms with E-state index in [0.717, 1.165) is 5.69 Å². The third-order valence-corrected chi connectivity index (χ3v) is 5.42. The molecule has 8 heteroatoms. The highest BCUT2D eigenvalue weighted by molar-refractivity contribution is 7.89. The molecule has 120 valence electrons. The Hall–Kier alpha value is -0.960. The van der Waals surface area contributed by atoms with Crippen LogP contribution >= 0.6 is 0 Å². The zero-order valence-electron chi connectivity index (χ0n) is 13.1. The molecule has 0 saturated heterocycles. The fourth-order valence-electron chi connectivity index (χ4n) is 2.32. The van der Waals surface area contributed by atoms with Crippen LogP contribution in [0, 0.1) is 6.92 Å². The van der Waals surface area contributed by atoms with Crippen LogP contribution < -0.4 is 10.0 Å². The van der Waals surface area contributed by atoms with Crippen molar-refractivity contribution in [3.63, 3.8) is 0 Å². The van der Waals surface area contributed by atoms with Gasteiger partial charge in [-0.3, -0.25) is 10.00 Å². The summed E-state index contributed by atoms with van der Waals surface area (Å²) in [5, 5.41) is 9.76. The Morgan fingerprint density at radius 2 is 2.14 bits per heavy atom. The summed E-state index contributed by atoms with van der Waals surface area (Å²) in [6.45, 7) is 4.71. The molecule has 0 aromatic carbocycles. The first-order valence-corrected chi connectivity index (χ1v) is 8.75. The molecule has 0 spiro atoms. The summed E-state index contributed by atoms with van der Waals surface area (Å²) in [6, 6.07) is 0.775. The summed E-state index contributed by atoms with van der Waals surface area (Å²) in [5.74, 6) is 0. The van der Waals surface area contributed by atoms with E-state index in [-0.39, 0.29) is 11.1 Å². The van der Waals surface area contributed by atoms with Crippen molar-refractivity contribution >= 4 is 10.0 Å². The van der Waals surface area contributed by atoms with Gasteiger partial charge >= 0.3 is 0 Å². The molecule has 1 aliphatic rings. The van der Waals surface area contributed by atoms with Crippen LogP contribution in [0.25, 0.3) is 0 Å². The van der Waals surface area contributed by atoms with E-state index in [1.807, 2.05) is 20.9 Å². The molecule has 21 heavy (non-hydrogen) atoms. The predicted molar refractivity (Wildman–Crippen MR) is 81.5 cm³/mol. The quantitative estimate of drug-likeness (QED) is 0.637. The highest BCUT2D eigenvalue weighted by atomic mass is 32.2. The van der Waals surface area contributed by atoms with Crippen LogP contribution in [0.1, 0.15) is 31.0 Å². The molecule has 1 fully saturated rings. The average molecular weight is 315 g/mol. The van der Waals surface area contributed by atoms with Crippen molar-refractivity contribution in [1.82, 2.24) is 25.1 Å². The van der Waals surface area contributed by atoms with Gasteiger partial charge in [0.2, 0.25) is 0 Å². The molecule has 3 N–H and O–H groups in total. The standard InChI is InChI=1S/C13H25N5O2S/c1-9(18(4)11-5-6-11)7-15-21(19,20)13-12(8-14-3)10(2)16-17-13/h9,11,14-15H,5-8H2,1-4H3,(H,16,17). The molecule has 1 heterocycles. The van der Waals surface area contributed by atoms with E-state index in [0.29, 0.717) is 24.7 Å². The Labute approximate surface area is 126 Å². The smallest absolute Gasteiger partial charge is 0.260 e. The lowest BCUT2D eigenvalue weighted by Gasteiger charge is -2.24. The number of aromatic nitrogens is 2. The highest BCUT2D eigenvalue weighted by Gasteiger charge is 2.30. The second kappa shape index (κ2) is 6.43. The minimum atomic E-state index is -3.59. The van der Waals surface area contributed by atoms with Crippen molar-refractivity contribution < 1.29 is 8.42 Å². The predicted octanol–water partition coefficient (Wildman–Crippen LogP) is 0.199. The zero-order valence-corrected chi connectivity index (χ0v) is 13.9. The molecule has 1 aliphatic carbocycles. The number of sulfonamides is 1. The molecule has 0 amide bonds. The number of nitrogens with one attached hydrogen (secondary N) is 3. The topological polar surface area (TPSA) is 90.1 Å². The monoisotopic (exact) mass is 315 g/mol. The van der Waals surface area contributed by atoms with Crippen LogP contribution in [0.15, 0.2) is 5.03 Å². The van der Waals surface area contributed by atoms with Crippen LogP contribution in [0.2, 0.25) is 0 Å². The lowest BCUT2D eigenvalue weighted by Crippen LogP contribution is -2.41. The van der Waals surface area contributed by atoms with Gasteiger partial charge in [-0.1, -0.05) is 0 Å². The zero-order chi connectivity index (χ0) is 15.6. The van der Waals surface area contributed by atoms with Gasteiger partial charge in [-0.15, -0.1) is 0 Å². The van der Waals surface area contributed by atoms with Crippen molar-refractivity contribution in [3.8, 4) is 0 Å². The minimum absolute atomic E-state index is 0.0932. The summed E-state index contributed by atoms with van der Waals surface area (Å²) in [4.78, 5) is 2.23. The van der Waals surface area contributed by atoms with Crippen LogP contribution in [-0.4, -0.2) is 56.2 Å². The lowest BCUT2D eigenvalue weighted by atomic mass is 10.3. The number of likely N-dealkylation sites (N-methyl/N-ethyl adjacent to an activating group) is 1. The third-order valence-electron chi connectivity index (χ3n) is 4.03. The summed E-state index contributed by atoms with van der Waals surface area (Å²) < 4.78 is 27.5. The summed E-state index contributed by atoms with van der Waals surface area (Å²) in [6.07, 6.45) is 2.41. The van der Waals surface area contributed by atoms with E-state index in [9.17, 15) is 8.42 Å². The van der Waals surface area contributed by atoms with Crippen LogP contribution in [-0.2, 0) is 16.6 Å². The Bertz CT molecular complexity index is 579. The van der Waals surface area contributed by atoms with Gasteiger partial charge in [0, 0.05) is 36.4 Å². The molecule has 1 atom stereocenters. The van der Waals surface area contributed by atoms with E-state index < -0.39 is 10.0 Å². The molecule has 7 nitrogen and oxygen atoms in total. The van der Waals surface area contributed by atoms with Crippen molar-refractivity contribution in [1.29, 1.82) is 0 Å². The van der Waals surface area contributed by atoms with Gasteiger partial charge < -0.3 is 5.32 Å². The first-order valence-electron chi connectivity index (χ1n) is 7.27. The van der Waals surface area contributed by atoms with Gasteiger partial charge in [-0.05, 0) is 40.8 Å². The fourth-order valence-corrected chi connectivity index (χ4v) is 3.63. The van der Waals surface area contributed by atoms with Crippen LogP contribution in [0.3, 0.4) is 0 Å². The molecule has 1 saturated carbocycles. The van der Waals surface area contributed by atoms with Gasteiger partial charge in [-0.25, -0.2) is 13.1 Å². The molecule has 1 unspecified atom stereocenters. The molecule has 1 aromatic rings. The third kappa shape index (κ3) is 3.82. The number of hydrogen-bond donors (Lipinski definition) is 3. The largest absolute Gasteiger partial charge is 0.316 e. The second-order valence-electron chi connectivity index (χ2n) is 5.76. The normalized spacial score (nSPS) is 17.4. The summed E-state index contributed by atoms with van der Waals surface area (Å²) in [7, 11) is 0.239.